The molecule has 0 atom stereocenters. The summed E-state index contributed by atoms with van der Waals surface area (Å²) in [4.78, 5) is 21.1. The number of amides is 1. The van der Waals surface area contributed by atoms with E-state index in [1.54, 1.807) is 54.9 Å². The van der Waals surface area contributed by atoms with Crippen molar-refractivity contribution in [2.45, 2.75) is 0 Å². The molecule has 0 radical (unpaired) electrons. The summed E-state index contributed by atoms with van der Waals surface area (Å²) >= 11 is 6.33. The molecule has 0 bridgehead atoms. The molecule has 0 unspecified atom stereocenters. The third-order valence-corrected chi connectivity index (χ3v) is 4.62. The summed E-state index contributed by atoms with van der Waals surface area (Å²) in [5.41, 5.74) is 2.76. The zero-order chi connectivity index (χ0) is 20.4. The highest BCUT2D eigenvalue weighted by atomic mass is 35.5. The summed E-state index contributed by atoms with van der Waals surface area (Å²) in [6.45, 7) is 0. The Bertz CT molecular complexity index is 1170. The lowest BCUT2D eigenvalue weighted by Crippen LogP contribution is -2.12. The molecule has 0 saturated carbocycles. The maximum Gasteiger partial charge on any atom is 0.255 e. The van der Waals surface area contributed by atoms with Crippen molar-refractivity contribution in [3.8, 4) is 23.0 Å². The topological polar surface area (TPSA) is 86.5 Å². The third-order valence-electron chi connectivity index (χ3n) is 4.29. The molecule has 1 N–H and O–H groups in total. The first-order valence-electron chi connectivity index (χ1n) is 8.63. The smallest absolute Gasteiger partial charge is 0.255 e. The van der Waals surface area contributed by atoms with Gasteiger partial charge in [-0.05, 0) is 36.4 Å². The SMILES string of the molecule is COc1ccc(C(=O)Nc2ccc(Cl)c(-c3nc4cnccc4o3)c2)cc1OC. The molecule has 0 spiro atoms. The van der Waals surface area contributed by atoms with Crippen LogP contribution in [0.3, 0.4) is 0 Å². The second-order valence-corrected chi connectivity index (χ2v) is 6.49. The highest BCUT2D eigenvalue weighted by Gasteiger charge is 2.15. The molecule has 0 saturated heterocycles. The van der Waals surface area contributed by atoms with Gasteiger partial charge in [-0.3, -0.25) is 9.78 Å². The normalized spacial score (nSPS) is 10.7. The lowest BCUT2D eigenvalue weighted by atomic mass is 10.1. The number of fused-ring (bicyclic) bond motifs is 1. The lowest BCUT2D eigenvalue weighted by molar-refractivity contribution is 0.102. The number of carbonyl (C=O) groups is 1. The van der Waals surface area contributed by atoms with Crippen LogP contribution >= 0.6 is 11.6 Å². The molecule has 2 heterocycles. The van der Waals surface area contributed by atoms with Crippen LogP contribution in [-0.2, 0) is 0 Å². The number of hydrogen-bond acceptors (Lipinski definition) is 6. The van der Waals surface area contributed by atoms with Crippen molar-refractivity contribution in [1.29, 1.82) is 0 Å². The summed E-state index contributed by atoms with van der Waals surface area (Å²) < 4.78 is 16.2. The van der Waals surface area contributed by atoms with Gasteiger partial charge < -0.3 is 19.2 Å². The van der Waals surface area contributed by atoms with E-state index < -0.39 is 0 Å². The van der Waals surface area contributed by atoms with Crippen molar-refractivity contribution in [2.75, 3.05) is 19.5 Å². The van der Waals surface area contributed by atoms with Gasteiger partial charge in [0.15, 0.2) is 17.1 Å². The number of aromatic nitrogens is 2. The van der Waals surface area contributed by atoms with Gasteiger partial charge in [0.05, 0.1) is 31.0 Å². The lowest BCUT2D eigenvalue weighted by Gasteiger charge is -2.11. The largest absolute Gasteiger partial charge is 0.493 e. The molecule has 2 aromatic heterocycles. The number of halogens is 1. The van der Waals surface area contributed by atoms with Gasteiger partial charge >= 0.3 is 0 Å². The van der Waals surface area contributed by atoms with Gasteiger partial charge in [0.2, 0.25) is 5.89 Å². The number of rotatable bonds is 5. The second kappa shape index (κ2) is 7.81. The number of oxazole rings is 1. The van der Waals surface area contributed by atoms with Gasteiger partial charge in [-0.15, -0.1) is 0 Å². The average molecular weight is 410 g/mol. The molecule has 1 amide bonds. The van der Waals surface area contributed by atoms with Crippen molar-refractivity contribution < 1.29 is 18.7 Å². The maximum atomic E-state index is 12.7. The fourth-order valence-corrected chi connectivity index (χ4v) is 3.04. The summed E-state index contributed by atoms with van der Waals surface area (Å²) in [7, 11) is 3.05. The molecular formula is C21H16ClN3O4. The molecule has 29 heavy (non-hydrogen) atoms. The minimum atomic E-state index is -0.305. The van der Waals surface area contributed by atoms with Crippen LogP contribution in [0, 0.1) is 0 Å². The van der Waals surface area contributed by atoms with Crippen LogP contribution in [0.1, 0.15) is 10.4 Å². The number of hydrogen-bond donors (Lipinski definition) is 1. The van der Waals surface area contributed by atoms with E-state index in [1.165, 1.54) is 14.2 Å². The van der Waals surface area contributed by atoms with Gasteiger partial charge in [-0.1, -0.05) is 11.6 Å². The Hall–Kier alpha value is -3.58. The Morgan fingerprint density at radius 2 is 1.90 bits per heavy atom. The van der Waals surface area contributed by atoms with Crippen LogP contribution < -0.4 is 14.8 Å². The second-order valence-electron chi connectivity index (χ2n) is 6.08. The number of nitrogens with zero attached hydrogens (tertiary/aromatic N) is 2. The fraction of sp³-hybridized carbons (Fsp3) is 0.0952. The summed E-state index contributed by atoms with van der Waals surface area (Å²) in [5.74, 6) is 1.06. The molecule has 7 nitrogen and oxygen atoms in total. The minimum Gasteiger partial charge on any atom is -0.493 e. The Labute approximate surface area is 171 Å². The number of methoxy groups -OCH3 is 2. The van der Waals surface area contributed by atoms with Crippen molar-refractivity contribution >= 4 is 34.3 Å². The molecule has 8 heteroatoms. The number of nitrogens with one attached hydrogen (secondary N) is 1. The van der Waals surface area contributed by atoms with E-state index in [0.717, 1.165) is 0 Å². The summed E-state index contributed by atoms with van der Waals surface area (Å²) in [6, 6.07) is 11.7. The predicted octanol–water partition coefficient (Wildman–Crippen LogP) is 4.81. The number of carbonyl (C=O) groups excluding carboxylic acids is 1. The van der Waals surface area contributed by atoms with Crippen LogP contribution in [0.25, 0.3) is 22.6 Å². The fourth-order valence-electron chi connectivity index (χ4n) is 2.84. The Morgan fingerprint density at radius 1 is 1.07 bits per heavy atom. The first-order valence-corrected chi connectivity index (χ1v) is 9.00. The van der Waals surface area contributed by atoms with Crippen LogP contribution in [-0.4, -0.2) is 30.1 Å². The van der Waals surface area contributed by atoms with Crippen LogP contribution in [0.2, 0.25) is 5.02 Å². The monoisotopic (exact) mass is 409 g/mol. The Balaban J connectivity index is 1.63. The van der Waals surface area contributed by atoms with Crippen LogP contribution in [0.5, 0.6) is 11.5 Å². The van der Waals surface area contributed by atoms with Gasteiger partial charge in [-0.25, -0.2) is 4.98 Å². The number of benzene rings is 2. The molecule has 4 rings (SSSR count). The molecule has 146 valence electrons. The Kier molecular flexibility index (Phi) is 5.05. The number of pyridine rings is 1. The summed E-state index contributed by atoms with van der Waals surface area (Å²) in [5, 5.41) is 3.29. The average Bonchev–Trinajstić information content (AvgIpc) is 3.18. The van der Waals surface area contributed by atoms with E-state index in [1.807, 2.05) is 0 Å². The minimum absolute atomic E-state index is 0.305. The van der Waals surface area contributed by atoms with Crippen LogP contribution in [0.4, 0.5) is 5.69 Å². The van der Waals surface area contributed by atoms with Crippen molar-refractivity contribution in [3.63, 3.8) is 0 Å². The molecule has 0 aliphatic heterocycles. The summed E-state index contributed by atoms with van der Waals surface area (Å²) in [6.07, 6.45) is 3.23. The zero-order valence-electron chi connectivity index (χ0n) is 15.6. The third kappa shape index (κ3) is 3.72. The molecule has 0 aliphatic carbocycles. The number of anilines is 1. The van der Waals surface area contributed by atoms with E-state index in [2.05, 4.69) is 15.3 Å². The highest BCUT2D eigenvalue weighted by molar-refractivity contribution is 6.33. The van der Waals surface area contributed by atoms with Crippen molar-refractivity contribution in [1.82, 2.24) is 9.97 Å². The molecule has 4 aromatic rings. The van der Waals surface area contributed by atoms with E-state index in [9.17, 15) is 4.79 Å². The number of ether oxygens (including phenoxy) is 2. The quantitative estimate of drug-likeness (QED) is 0.509. The van der Waals surface area contributed by atoms with Gasteiger partial charge in [0.1, 0.15) is 5.52 Å². The van der Waals surface area contributed by atoms with Gasteiger partial charge in [0.25, 0.3) is 5.91 Å². The highest BCUT2D eigenvalue weighted by Crippen LogP contribution is 2.32. The van der Waals surface area contributed by atoms with Crippen molar-refractivity contribution in [3.05, 3.63) is 65.4 Å². The van der Waals surface area contributed by atoms with E-state index >= 15 is 0 Å². The van der Waals surface area contributed by atoms with Gasteiger partial charge in [-0.2, -0.15) is 0 Å². The zero-order valence-corrected chi connectivity index (χ0v) is 16.4. The van der Waals surface area contributed by atoms with Crippen LogP contribution in [0.15, 0.2) is 59.3 Å². The molecule has 0 aliphatic rings. The van der Waals surface area contributed by atoms with E-state index in [4.69, 9.17) is 25.5 Å². The van der Waals surface area contributed by atoms with Crippen molar-refractivity contribution in [2.24, 2.45) is 0 Å². The van der Waals surface area contributed by atoms with E-state index in [-0.39, 0.29) is 5.91 Å². The Morgan fingerprint density at radius 3 is 2.66 bits per heavy atom. The first kappa shape index (κ1) is 18.8. The predicted molar refractivity (Wildman–Crippen MR) is 110 cm³/mol. The maximum absolute atomic E-state index is 12.7. The molecule has 0 fully saturated rings. The molecular weight excluding hydrogens is 394 g/mol. The van der Waals surface area contributed by atoms with E-state index in [0.29, 0.717) is 50.3 Å². The standard InChI is InChI=1S/C21H16ClN3O4/c1-27-18-6-3-12(9-19(18)28-2)20(26)24-13-4-5-15(22)14(10-13)21-25-16-11-23-8-7-17(16)29-21/h3-11H,1-2H3,(H,24,26). The van der Waals surface area contributed by atoms with Gasteiger partial charge in [0, 0.05) is 23.5 Å². The first-order chi connectivity index (χ1) is 14.1. The molecule has 2 aromatic carbocycles.